The second kappa shape index (κ2) is 7.24. The Morgan fingerprint density at radius 3 is 2.56 bits per heavy atom. The van der Waals surface area contributed by atoms with Crippen molar-refractivity contribution < 1.29 is 4.79 Å². The molecule has 0 aromatic rings. The zero-order chi connectivity index (χ0) is 13.5. The van der Waals surface area contributed by atoms with Crippen molar-refractivity contribution in [1.82, 2.24) is 16.0 Å². The number of guanidine groups is 1. The molecule has 1 fully saturated rings. The Kier molecular flexibility index (Phi) is 5.95. The normalized spacial score (nSPS) is 22.8. The second-order valence-electron chi connectivity index (χ2n) is 5.17. The van der Waals surface area contributed by atoms with Gasteiger partial charge in [0.15, 0.2) is 5.96 Å². The topological polar surface area (TPSA) is 65.5 Å². The Hall–Kier alpha value is -1.26. The first kappa shape index (κ1) is 14.8. The van der Waals surface area contributed by atoms with Crippen LogP contribution in [-0.4, -0.2) is 37.5 Å². The molecule has 1 aliphatic rings. The van der Waals surface area contributed by atoms with E-state index in [2.05, 4.69) is 27.9 Å². The van der Waals surface area contributed by atoms with Gasteiger partial charge >= 0.3 is 0 Å². The Morgan fingerprint density at radius 2 is 2.06 bits per heavy atom. The molecule has 0 heterocycles. The summed E-state index contributed by atoms with van der Waals surface area (Å²) in [7, 11) is 0. The number of hydrogen-bond acceptors (Lipinski definition) is 2. The fraction of sp³-hybridized carbons (Fsp3) is 0.846. The van der Waals surface area contributed by atoms with Gasteiger partial charge in [0.1, 0.15) is 0 Å². The number of rotatable bonds is 6. The van der Waals surface area contributed by atoms with Crippen LogP contribution in [0.1, 0.15) is 34.1 Å². The Balaban J connectivity index is 2.24. The van der Waals surface area contributed by atoms with Crippen molar-refractivity contribution >= 4 is 11.9 Å². The third-order valence-electron chi connectivity index (χ3n) is 2.98. The third kappa shape index (κ3) is 5.38. The summed E-state index contributed by atoms with van der Waals surface area (Å²) in [5.74, 6) is 1.71. The van der Waals surface area contributed by atoms with Gasteiger partial charge in [-0.25, -0.2) is 0 Å². The summed E-state index contributed by atoms with van der Waals surface area (Å²) in [6.07, 6.45) is 1.22. The standard InChI is InChI=1S/C13H26N4O/c1-5-14-13(17-11-8-10(11)4)16-7-6-15-12(18)9(2)3/h9-11H,5-8H2,1-4H3,(H,15,18)(H2,14,16,17). The molecule has 3 N–H and O–H groups in total. The summed E-state index contributed by atoms with van der Waals surface area (Å²) in [5.41, 5.74) is 0. The highest BCUT2D eigenvalue weighted by atomic mass is 16.1. The highest BCUT2D eigenvalue weighted by molar-refractivity contribution is 5.80. The first-order valence-electron chi connectivity index (χ1n) is 6.87. The molecule has 0 radical (unpaired) electrons. The van der Waals surface area contributed by atoms with Gasteiger partial charge in [0, 0.05) is 25.0 Å². The highest BCUT2D eigenvalue weighted by Gasteiger charge is 2.33. The number of carbonyl (C=O) groups excluding carboxylic acids is 1. The Bertz CT molecular complexity index is 301. The van der Waals surface area contributed by atoms with Crippen molar-refractivity contribution in [3.05, 3.63) is 0 Å². The van der Waals surface area contributed by atoms with Crippen molar-refractivity contribution in [2.75, 3.05) is 19.6 Å². The minimum atomic E-state index is 0.0349. The predicted octanol–water partition coefficient (Wildman–Crippen LogP) is 0.722. The first-order valence-corrected chi connectivity index (χ1v) is 6.87. The van der Waals surface area contributed by atoms with E-state index in [1.54, 1.807) is 0 Å². The van der Waals surface area contributed by atoms with Gasteiger partial charge in [0.25, 0.3) is 0 Å². The molecule has 1 aliphatic carbocycles. The molecular formula is C13H26N4O. The van der Waals surface area contributed by atoms with Crippen LogP contribution >= 0.6 is 0 Å². The number of carbonyl (C=O) groups is 1. The quantitative estimate of drug-likeness (QED) is 0.372. The van der Waals surface area contributed by atoms with E-state index >= 15 is 0 Å². The summed E-state index contributed by atoms with van der Waals surface area (Å²) in [6, 6.07) is 0.563. The summed E-state index contributed by atoms with van der Waals surface area (Å²) >= 11 is 0. The highest BCUT2D eigenvalue weighted by Crippen LogP contribution is 2.28. The zero-order valence-corrected chi connectivity index (χ0v) is 11.9. The molecule has 0 aromatic carbocycles. The molecule has 5 nitrogen and oxygen atoms in total. The van der Waals surface area contributed by atoms with Crippen LogP contribution in [0.15, 0.2) is 4.99 Å². The molecule has 1 rings (SSSR count). The lowest BCUT2D eigenvalue weighted by molar-refractivity contribution is -0.123. The minimum absolute atomic E-state index is 0.0349. The van der Waals surface area contributed by atoms with Crippen molar-refractivity contribution in [2.45, 2.75) is 40.2 Å². The molecule has 0 saturated heterocycles. The van der Waals surface area contributed by atoms with Gasteiger partial charge in [-0.3, -0.25) is 9.79 Å². The zero-order valence-electron chi connectivity index (χ0n) is 11.9. The number of hydrogen-bond donors (Lipinski definition) is 3. The summed E-state index contributed by atoms with van der Waals surface area (Å²) < 4.78 is 0. The second-order valence-corrected chi connectivity index (χ2v) is 5.17. The molecule has 5 heteroatoms. The molecule has 2 atom stereocenters. The van der Waals surface area contributed by atoms with Crippen molar-refractivity contribution in [1.29, 1.82) is 0 Å². The van der Waals surface area contributed by atoms with E-state index in [9.17, 15) is 4.79 Å². The van der Waals surface area contributed by atoms with Gasteiger partial charge in [-0.05, 0) is 19.3 Å². The maximum absolute atomic E-state index is 11.4. The molecule has 0 aliphatic heterocycles. The van der Waals surface area contributed by atoms with Gasteiger partial charge in [-0.2, -0.15) is 0 Å². The van der Waals surface area contributed by atoms with Gasteiger partial charge in [-0.15, -0.1) is 0 Å². The van der Waals surface area contributed by atoms with Crippen LogP contribution in [0.2, 0.25) is 0 Å². The molecular weight excluding hydrogens is 228 g/mol. The molecule has 18 heavy (non-hydrogen) atoms. The van der Waals surface area contributed by atoms with Gasteiger partial charge in [-0.1, -0.05) is 20.8 Å². The lowest BCUT2D eigenvalue weighted by Crippen LogP contribution is -2.39. The maximum Gasteiger partial charge on any atom is 0.222 e. The molecule has 0 bridgehead atoms. The molecule has 104 valence electrons. The number of aliphatic imine (C=N–C) groups is 1. The van der Waals surface area contributed by atoms with E-state index in [1.807, 2.05) is 20.8 Å². The largest absolute Gasteiger partial charge is 0.357 e. The van der Waals surface area contributed by atoms with E-state index in [4.69, 9.17) is 0 Å². The van der Waals surface area contributed by atoms with Gasteiger partial charge in [0.05, 0.1) is 6.54 Å². The fourth-order valence-electron chi connectivity index (χ4n) is 1.57. The van der Waals surface area contributed by atoms with Crippen LogP contribution in [0.4, 0.5) is 0 Å². The summed E-state index contributed by atoms with van der Waals surface area (Å²) in [6.45, 7) is 10.1. The van der Waals surface area contributed by atoms with E-state index in [-0.39, 0.29) is 11.8 Å². The molecule has 1 saturated carbocycles. The third-order valence-corrected chi connectivity index (χ3v) is 2.98. The SMILES string of the molecule is CCNC(=NCCNC(=O)C(C)C)NC1CC1C. The van der Waals surface area contributed by atoms with E-state index in [1.165, 1.54) is 6.42 Å². The van der Waals surface area contributed by atoms with Crippen LogP contribution in [0.3, 0.4) is 0 Å². The van der Waals surface area contributed by atoms with Crippen LogP contribution < -0.4 is 16.0 Å². The number of amides is 1. The molecule has 0 aromatic heterocycles. The fourth-order valence-corrected chi connectivity index (χ4v) is 1.57. The Labute approximate surface area is 110 Å². The van der Waals surface area contributed by atoms with E-state index in [0.717, 1.165) is 18.4 Å². The number of nitrogens with one attached hydrogen (secondary N) is 3. The number of nitrogens with zero attached hydrogens (tertiary/aromatic N) is 1. The minimum Gasteiger partial charge on any atom is -0.357 e. The Morgan fingerprint density at radius 1 is 1.39 bits per heavy atom. The summed E-state index contributed by atoms with van der Waals surface area (Å²) in [5, 5.41) is 9.45. The monoisotopic (exact) mass is 254 g/mol. The molecule has 0 spiro atoms. The average molecular weight is 254 g/mol. The van der Waals surface area contributed by atoms with Crippen LogP contribution in [-0.2, 0) is 4.79 Å². The van der Waals surface area contributed by atoms with Crippen LogP contribution in [0.25, 0.3) is 0 Å². The summed E-state index contributed by atoms with van der Waals surface area (Å²) in [4.78, 5) is 15.8. The van der Waals surface area contributed by atoms with Gasteiger partial charge in [0.2, 0.25) is 5.91 Å². The van der Waals surface area contributed by atoms with Crippen LogP contribution in [0.5, 0.6) is 0 Å². The van der Waals surface area contributed by atoms with Crippen molar-refractivity contribution in [3.8, 4) is 0 Å². The van der Waals surface area contributed by atoms with Crippen molar-refractivity contribution in [2.24, 2.45) is 16.8 Å². The average Bonchev–Trinajstić information content (AvgIpc) is 3.00. The predicted molar refractivity (Wildman–Crippen MR) is 74.5 cm³/mol. The maximum atomic E-state index is 11.4. The lowest BCUT2D eigenvalue weighted by Gasteiger charge is -2.11. The van der Waals surface area contributed by atoms with Gasteiger partial charge < -0.3 is 16.0 Å². The smallest absolute Gasteiger partial charge is 0.222 e. The van der Waals surface area contributed by atoms with Crippen molar-refractivity contribution in [3.63, 3.8) is 0 Å². The lowest BCUT2D eigenvalue weighted by atomic mass is 10.2. The van der Waals surface area contributed by atoms with E-state index in [0.29, 0.717) is 19.1 Å². The van der Waals surface area contributed by atoms with Crippen LogP contribution in [0, 0.1) is 11.8 Å². The van der Waals surface area contributed by atoms with E-state index < -0.39 is 0 Å². The first-order chi connectivity index (χ1) is 8.54. The molecule has 2 unspecified atom stereocenters. The molecule has 1 amide bonds.